The number of carbonyl (C=O) groups is 2. The lowest BCUT2D eigenvalue weighted by molar-refractivity contribution is -0.121. The van der Waals surface area contributed by atoms with Crippen LogP contribution in [0.15, 0.2) is 48.8 Å². The normalized spacial score (nSPS) is 20.3. The van der Waals surface area contributed by atoms with E-state index in [0.29, 0.717) is 12.0 Å². The fraction of sp³-hybridized carbons (Fsp3) is 0.409. The van der Waals surface area contributed by atoms with E-state index in [9.17, 15) is 9.59 Å². The molecule has 140 valence electrons. The molecule has 2 heterocycles. The van der Waals surface area contributed by atoms with Crippen molar-refractivity contribution in [2.24, 2.45) is 0 Å². The number of aromatic nitrogens is 1. The van der Waals surface area contributed by atoms with E-state index in [1.807, 2.05) is 11.0 Å². The third-order valence-electron chi connectivity index (χ3n) is 6.24. The van der Waals surface area contributed by atoms with Gasteiger partial charge in [-0.15, -0.1) is 0 Å². The largest absolute Gasteiger partial charge is 0.359 e. The Morgan fingerprint density at radius 3 is 2.67 bits per heavy atom. The van der Waals surface area contributed by atoms with Crippen LogP contribution in [-0.4, -0.2) is 41.8 Å². The average Bonchev–Trinajstić information content (AvgIpc) is 3.02. The van der Waals surface area contributed by atoms with Gasteiger partial charge in [-0.1, -0.05) is 24.3 Å². The molecule has 1 fully saturated rings. The summed E-state index contributed by atoms with van der Waals surface area (Å²) in [5, 5.41) is 2.76. The van der Waals surface area contributed by atoms with Gasteiger partial charge in [-0.25, -0.2) is 0 Å². The first kappa shape index (κ1) is 17.7. The number of amides is 2. The quantitative estimate of drug-likeness (QED) is 0.912. The molecular formula is C22H25N3O2. The molecule has 1 atom stereocenters. The highest BCUT2D eigenvalue weighted by molar-refractivity contribution is 5.94. The highest BCUT2D eigenvalue weighted by atomic mass is 16.2. The molecular weight excluding hydrogens is 338 g/mol. The minimum Gasteiger partial charge on any atom is -0.359 e. The number of hydrogen-bond acceptors (Lipinski definition) is 3. The highest BCUT2D eigenvalue weighted by Crippen LogP contribution is 2.52. The molecule has 0 radical (unpaired) electrons. The van der Waals surface area contributed by atoms with E-state index >= 15 is 0 Å². The lowest BCUT2D eigenvalue weighted by atomic mass is 9.73. The number of pyridine rings is 1. The molecule has 1 aliphatic carbocycles. The van der Waals surface area contributed by atoms with Crippen LogP contribution in [0.5, 0.6) is 0 Å². The van der Waals surface area contributed by atoms with E-state index in [1.54, 1.807) is 25.5 Å². The van der Waals surface area contributed by atoms with Crippen LogP contribution in [0.2, 0.25) is 0 Å². The van der Waals surface area contributed by atoms with Crippen LogP contribution >= 0.6 is 0 Å². The summed E-state index contributed by atoms with van der Waals surface area (Å²) in [6.07, 6.45) is 6.74. The van der Waals surface area contributed by atoms with Crippen molar-refractivity contribution in [3.8, 4) is 0 Å². The SMILES string of the molecule is CNC(=O)C[C@H]1CC2(CCN(C(=O)c3cccnc3)CC2)c2ccccc21. The van der Waals surface area contributed by atoms with Crippen molar-refractivity contribution in [2.75, 3.05) is 20.1 Å². The Morgan fingerprint density at radius 2 is 1.96 bits per heavy atom. The molecule has 1 saturated heterocycles. The van der Waals surface area contributed by atoms with Gasteiger partial charge in [0.05, 0.1) is 5.56 Å². The predicted octanol–water partition coefficient (Wildman–Crippen LogP) is 2.88. The molecule has 0 bridgehead atoms. The second-order valence-corrected chi connectivity index (χ2v) is 7.68. The highest BCUT2D eigenvalue weighted by Gasteiger charge is 2.46. The number of hydrogen-bond donors (Lipinski definition) is 1. The van der Waals surface area contributed by atoms with Crippen molar-refractivity contribution in [3.05, 3.63) is 65.5 Å². The lowest BCUT2D eigenvalue weighted by Crippen LogP contribution is -2.44. The average molecular weight is 363 g/mol. The third kappa shape index (κ3) is 3.22. The fourth-order valence-electron chi connectivity index (χ4n) is 4.82. The van der Waals surface area contributed by atoms with Gasteiger partial charge in [-0.2, -0.15) is 0 Å². The molecule has 27 heavy (non-hydrogen) atoms. The van der Waals surface area contributed by atoms with Crippen molar-refractivity contribution >= 4 is 11.8 Å². The maximum atomic E-state index is 12.7. The Morgan fingerprint density at radius 1 is 1.19 bits per heavy atom. The number of fused-ring (bicyclic) bond motifs is 2. The second-order valence-electron chi connectivity index (χ2n) is 7.68. The Hall–Kier alpha value is -2.69. The Labute approximate surface area is 159 Å². The van der Waals surface area contributed by atoms with Crippen molar-refractivity contribution in [1.82, 2.24) is 15.2 Å². The Balaban J connectivity index is 1.52. The van der Waals surface area contributed by atoms with E-state index < -0.39 is 0 Å². The van der Waals surface area contributed by atoms with E-state index in [4.69, 9.17) is 0 Å². The molecule has 2 amide bonds. The zero-order valence-corrected chi connectivity index (χ0v) is 15.6. The molecule has 1 aromatic heterocycles. The Kier molecular flexibility index (Phi) is 4.68. The van der Waals surface area contributed by atoms with E-state index in [2.05, 4.69) is 34.6 Å². The number of nitrogens with zero attached hydrogens (tertiary/aromatic N) is 2. The number of nitrogens with one attached hydrogen (secondary N) is 1. The van der Waals surface area contributed by atoms with Crippen LogP contribution in [0.3, 0.4) is 0 Å². The number of carbonyl (C=O) groups excluding carboxylic acids is 2. The van der Waals surface area contributed by atoms with Gasteiger partial charge in [0, 0.05) is 39.0 Å². The minimum atomic E-state index is 0.0612. The van der Waals surface area contributed by atoms with Crippen LogP contribution in [0, 0.1) is 0 Å². The molecule has 4 rings (SSSR count). The monoisotopic (exact) mass is 363 g/mol. The van der Waals surface area contributed by atoms with Crippen molar-refractivity contribution < 1.29 is 9.59 Å². The Bertz CT molecular complexity index is 842. The summed E-state index contributed by atoms with van der Waals surface area (Å²) >= 11 is 0. The van der Waals surface area contributed by atoms with Crippen LogP contribution in [0.25, 0.3) is 0 Å². The summed E-state index contributed by atoms with van der Waals surface area (Å²) in [5.74, 6) is 0.420. The van der Waals surface area contributed by atoms with E-state index in [1.165, 1.54) is 11.1 Å². The number of likely N-dealkylation sites (tertiary alicyclic amines) is 1. The van der Waals surface area contributed by atoms with Gasteiger partial charge >= 0.3 is 0 Å². The number of piperidine rings is 1. The third-order valence-corrected chi connectivity index (χ3v) is 6.24. The summed E-state index contributed by atoms with van der Waals surface area (Å²) in [7, 11) is 1.70. The van der Waals surface area contributed by atoms with Crippen molar-refractivity contribution in [1.29, 1.82) is 0 Å². The molecule has 5 nitrogen and oxygen atoms in total. The summed E-state index contributed by atoms with van der Waals surface area (Å²) < 4.78 is 0. The molecule has 0 unspecified atom stereocenters. The second kappa shape index (κ2) is 7.14. The van der Waals surface area contributed by atoms with Gasteiger partial charge in [0.25, 0.3) is 5.91 Å². The first-order valence-corrected chi connectivity index (χ1v) is 9.62. The lowest BCUT2D eigenvalue weighted by Gasteiger charge is -2.40. The first-order valence-electron chi connectivity index (χ1n) is 9.62. The summed E-state index contributed by atoms with van der Waals surface area (Å²) in [6.45, 7) is 1.49. The molecule has 1 aromatic carbocycles. The van der Waals surface area contributed by atoms with Crippen molar-refractivity contribution in [2.45, 2.75) is 37.0 Å². The van der Waals surface area contributed by atoms with E-state index in [0.717, 1.165) is 32.4 Å². The number of benzene rings is 1. The summed E-state index contributed by atoms with van der Waals surface area (Å²) in [6, 6.07) is 12.2. The molecule has 5 heteroatoms. The van der Waals surface area contributed by atoms with Crippen LogP contribution in [0.1, 0.15) is 53.1 Å². The molecule has 1 N–H and O–H groups in total. The van der Waals surface area contributed by atoms with E-state index in [-0.39, 0.29) is 23.1 Å². The molecule has 1 aliphatic heterocycles. The fourth-order valence-corrected chi connectivity index (χ4v) is 4.82. The standard InChI is InChI=1S/C22H25N3O2/c1-23-20(26)13-17-14-22(19-7-3-2-6-18(17)19)8-11-25(12-9-22)21(27)16-5-4-10-24-15-16/h2-7,10,15,17H,8-9,11-14H2,1H3,(H,23,26)/t17-/m0/s1. The zero-order valence-electron chi connectivity index (χ0n) is 15.6. The van der Waals surface area contributed by atoms with Gasteiger partial charge < -0.3 is 10.2 Å². The maximum absolute atomic E-state index is 12.7. The predicted molar refractivity (Wildman–Crippen MR) is 104 cm³/mol. The van der Waals surface area contributed by atoms with Gasteiger partial charge in [-0.3, -0.25) is 14.6 Å². The van der Waals surface area contributed by atoms with Crippen LogP contribution in [0.4, 0.5) is 0 Å². The van der Waals surface area contributed by atoms with Gasteiger partial charge in [-0.05, 0) is 53.9 Å². The molecule has 2 aromatic rings. The minimum absolute atomic E-state index is 0.0612. The molecule has 2 aliphatic rings. The van der Waals surface area contributed by atoms with Gasteiger partial charge in [0.2, 0.25) is 5.91 Å². The van der Waals surface area contributed by atoms with Crippen LogP contribution in [-0.2, 0) is 10.2 Å². The summed E-state index contributed by atoms with van der Waals surface area (Å²) in [5.41, 5.74) is 3.43. The maximum Gasteiger partial charge on any atom is 0.255 e. The smallest absolute Gasteiger partial charge is 0.255 e. The van der Waals surface area contributed by atoms with Gasteiger partial charge in [0.15, 0.2) is 0 Å². The molecule has 0 saturated carbocycles. The van der Waals surface area contributed by atoms with Crippen LogP contribution < -0.4 is 5.32 Å². The zero-order chi connectivity index (χ0) is 18.9. The number of rotatable bonds is 3. The van der Waals surface area contributed by atoms with Gasteiger partial charge in [0.1, 0.15) is 0 Å². The first-order chi connectivity index (χ1) is 13.1. The summed E-state index contributed by atoms with van der Waals surface area (Å²) in [4.78, 5) is 30.7. The van der Waals surface area contributed by atoms with Crippen molar-refractivity contribution in [3.63, 3.8) is 0 Å². The topological polar surface area (TPSA) is 62.3 Å². The molecule has 1 spiro atoms.